The first-order valence-electron chi connectivity index (χ1n) is 5.31. The molecule has 0 aromatic rings. The van der Waals surface area contributed by atoms with E-state index in [0.717, 1.165) is 17.8 Å². The first-order valence-corrected chi connectivity index (χ1v) is 5.31. The highest BCUT2D eigenvalue weighted by Crippen LogP contribution is 2.49. The van der Waals surface area contributed by atoms with E-state index in [-0.39, 0.29) is 0 Å². The van der Waals surface area contributed by atoms with Crippen LogP contribution in [0.5, 0.6) is 0 Å². The summed E-state index contributed by atoms with van der Waals surface area (Å²) < 4.78 is 0. The summed E-state index contributed by atoms with van der Waals surface area (Å²) in [4.78, 5) is 0. The zero-order valence-electron chi connectivity index (χ0n) is 7.50. The number of rotatable bonds is 0. The van der Waals surface area contributed by atoms with Crippen molar-refractivity contribution >= 4 is 0 Å². The maximum absolute atomic E-state index is 2.54. The second-order valence-electron chi connectivity index (χ2n) is 4.50. The van der Waals surface area contributed by atoms with Gasteiger partial charge in [0.15, 0.2) is 0 Å². The van der Waals surface area contributed by atoms with Gasteiger partial charge in [0.1, 0.15) is 0 Å². The molecule has 12 heavy (non-hydrogen) atoms. The highest BCUT2D eigenvalue weighted by Gasteiger charge is 2.38. The summed E-state index contributed by atoms with van der Waals surface area (Å²) in [5.74, 6) is 2.91. The van der Waals surface area contributed by atoms with Crippen molar-refractivity contribution in [2.75, 3.05) is 0 Å². The molecule has 0 nitrogen and oxygen atoms in total. The van der Waals surface area contributed by atoms with E-state index in [9.17, 15) is 0 Å². The van der Waals surface area contributed by atoms with Crippen LogP contribution in [0.4, 0.5) is 0 Å². The van der Waals surface area contributed by atoms with Gasteiger partial charge in [-0.1, -0.05) is 23.8 Å². The monoisotopic (exact) mass is 160 g/mol. The number of hydrogen-bond acceptors (Lipinski definition) is 0. The molecule has 1 fully saturated rings. The maximum Gasteiger partial charge on any atom is -0.0134 e. The van der Waals surface area contributed by atoms with Crippen LogP contribution in [0.2, 0.25) is 0 Å². The predicted octanol–water partition coefficient (Wildman–Crippen LogP) is 3.31. The zero-order valence-corrected chi connectivity index (χ0v) is 7.50. The molecule has 3 aliphatic carbocycles. The Hall–Kier alpha value is -0.520. The quantitative estimate of drug-likeness (QED) is 0.477. The molecule has 3 atom stereocenters. The van der Waals surface area contributed by atoms with E-state index in [2.05, 4.69) is 18.2 Å². The number of fused-ring (bicyclic) bond motifs is 3. The lowest BCUT2D eigenvalue weighted by atomic mass is 9.61. The maximum atomic E-state index is 2.54. The Bertz CT molecular complexity index is 247. The minimum atomic E-state index is 0.937. The molecule has 64 valence electrons. The van der Waals surface area contributed by atoms with Gasteiger partial charge < -0.3 is 0 Å². The molecule has 3 aliphatic rings. The van der Waals surface area contributed by atoms with Crippen LogP contribution in [0, 0.1) is 17.8 Å². The first kappa shape index (κ1) is 6.94. The SMILES string of the molecule is C1=CC2C(CC=C3CCC32)CC1. The van der Waals surface area contributed by atoms with Crippen LogP contribution in [0.15, 0.2) is 23.8 Å². The largest absolute Gasteiger partial charge is 0.0882 e. The number of allylic oxidation sites excluding steroid dienone is 4. The summed E-state index contributed by atoms with van der Waals surface area (Å²) in [5.41, 5.74) is 1.78. The fourth-order valence-electron chi connectivity index (χ4n) is 3.12. The third-order valence-corrected chi connectivity index (χ3v) is 3.97. The minimum Gasteiger partial charge on any atom is -0.0882 e. The Balaban J connectivity index is 1.91. The minimum absolute atomic E-state index is 0.937. The normalized spacial score (nSPS) is 44.0. The Labute approximate surface area is 74.4 Å². The molecular weight excluding hydrogens is 144 g/mol. The molecule has 0 N–H and O–H groups in total. The van der Waals surface area contributed by atoms with Crippen molar-refractivity contribution in [1.82, 2.24) is 0 Å². The molecule has 1 saturated carbocycles. The zero-order chi connectivity index (χ0) is 7.97. The Morgan fingerprint density at radius 3 is 3.08 bits per heavy atom. The Morgan fingerprint density at radius 2 is 2.25 bits per heavy atom. The smallest absolute Gasteiger partial charge is 0.0134 e. The average molecular weight is 160 g/mol. The highest BCUT2D eigenvalue weighted by molar-refractivity contribution is 5.24. The van der Waals surface area contributed by atoms with E-state index in [1.54, 1.807) is 5.57 Å². The van der Waals surface area contributed by atoms with Crippen LogP contribution in [-0.4, -0.2) is 0 Å². The first-order chi connectivity index (χ1) is 5.95. The molecule has 0 saturated heterocycles. The summed E-state index contributed by atoms with van der Waals surface area (Å²) in [6, 6.07) is 0. The summed E-state index contributed by atoms with van der Waals surface area (Å²) in [5, 5.41) is 0. The Morgan fingerprint density at radius 1 is 1.25 bits per heavy atom. The van der Waals surface area contributed by atoms with Crippen LogP contribution >= 0.6 is 0 Å². The Kier molecular flexibility index (Phi) is 1.44. The molecule has 0 amide bonds. The van der Waals surface area contributed by atoms with E-state index in [1.165, 1.54) is 32.1 Å². The highest BCUT2D eigenvalue weighted by atomic mass is 14.4. The van der Waals surface area contributed by atoms with Gasteiger partial charge >= 0.3 is 0 Å². The summed E-state index contributed by atoms with van der Waals surface area (Å²) in [7, 11) is 0. The van der Waals surface area contributed by atoms with Crippen molar-refractivity contribution in [3.05, 3.63) is 23.8 Å². The molecular formula is C12H16. The molecule has 0 spiro atoms. The standard InChI is InChI=1S/C12H16/c1-2-4-11-9(3-1)5-6-10-7-8-12(10)11/h2,4,6,9,11-12H,1,3,5,7-8H2. The molecule has 0 radical (unpaired) electrons. The molecule has 0 heterocycles. The van der Waals surface area contributed by atoms with Gasteiger partial charge in [-0.25, -0.2) is 0 Å². The van der Waals surface area contributed by atoms with Crippen LogP contribution in [0.1, 0.15) is 32.1 Å². The second kappa shape index (κ2) is 2.48. The molecule has 0 aromatic heterocycles. The molecule has 0 aliphatic heterocycles. The van der Waals surface area contributed by atoms with Crippen LogP contribution in [0.25, 0.3) is 0 Å². The number of hydrogen-bond donors (Lipinski definition) is 0. The van der Waals surface area contributed by atoms with E-state index in [0.29, 0.717) is 0 Å². The van der Waals surface area contributed by atoms with Crippen LogP contribution in [-0.2, 0) is 0 Å². The summed E-state index contributed by atoms with van der Waals surface area (Å²) in [6.45, 7) is 0. The van der Waals surface area contributed by atoms with Crippen molar-refractivity contribution in [2.45, 2.75) is 32.1 Å². The van der Waals surface area contributed by atoms with Gasteiger partial charge in [0, 0.05) is 0 Å². The average Bonchev–Trinajstić information content (AvgIpc) is 2.05. The van der Waals surface area contributed by atoms with Gasteiger partial charge in [-0.05, 0) is 49.9 Å². The molecule has 3 rings (SSSR count). The van der Waals surface area contributed by atoms with Gasteiger partial charge in [0.05, 0.1) is 0 Å². The second-order valence-corrected chi connectivity index (χ2v) is 4.50. The van der Waals surface area contributed by atoms with E-state index in [1.807, 2.05) is 0 Å². The molecule has 3 unspecified atom stereocenters. The fraction of sp³-hybridized carbons (Fsp3) is 0.667. The van der Waals surface area contributed by atoms with Crippen molar-refractivity contribution in [1.29, 1.82) is 0 Å². The molecule has 0 heteroatoms. The van der Waals surface area contributed by atoms with Crippen molar-refractivity contribution in [2.24, 2.45) is 17.8 Å². The lowest BCUT2D eigenvalue weighted by Gasteiger charge is -2.44. The topological polar surface area (TPSA) is 0 Å². The third kappa shape index (κ3) is 0.840. The van der Waals surface area contributed by atoms with Crippen molar-refractivity contribution in [3.63, 3.8) is 0 Å². The van der Waals surface area contributed by atoms with Crippen molar-refractivity contribution < 1.29 is 0 Å². The van der Waals surface area contributed by atoms with Crippen LogP contribution in [0.3, 0.4) is 0 Å². The van der Waals surface area contributed by atoms with E-state index in [4.69, 9.17) is 0 Å². The predicted molar refractivity (Wildman–Crippen MR) is 50.8 cm³/mol. The molecule has 0 bridgehead atoms. The third-order valence-electron chi connectivity index (χ3n) is 3.97. The van der Waals surface area contributed by atoms with E-state index >= 15 is 0 Å². The van der Waals surface area contributed by atoms with Gasteiger partial charge in [-0.15, -0.1) is 0 Å². The van der Waals surface area contributed by atoms with Gasteiger partial charge in [-0.2, -0.15) is 0 Å². The van der Waals surface area contributed by atoms with Gasteiger partial charge in [0.25, 0.3) is 0 Å². The molecule has 0 aromatic carbocycles. The van der Waals surface area contributed by atoms with Crippen molar-refractivity contribution in [3.8, 4) is 0 Å². The van der Waals surface area contributed by atoms with Crippen LogP contribution < -0.4 is 0 Å². The lowest BCUT2D eigenvalue weighted by Crippen LogP contribution is -2.33. The van der Waals surface area contributed by atoms with E-state index < -0.39 is 0 Å². The lowest BCUT2D eigenvalue weighted by molar-refractivity contribution is 0.213. The van der Waals surface area contributed by atoms with Gasteiger partial charge in [-0.3, -0.25) is 0 Å². The fourth-order valence-corrected chi connectivity index (χ4v) is 3.12. The summed E-state index contributed by atoms with van der Waals surface area (Å²) in [6.07, 6.45) is 14.5. The van der Waals surface area contributed by atoms with Gasteiger partial charge in [0.2, 0.25) is 0 Å². The summed E-state index contributed by atoms with van der Waals surface area (Å²) >= 11 is 0.